The lowest BCUT2D eigenvalue weighted by Crippen LogP contribution is -2.13. The van der Waals surface area contributed by atoms with Crippen molar-refractivity contribution in [3.63, 3.8) is 0 Å². The lowest BCUT2D eigenvalue weighted by atomic mass is 10.1. The van der Waals surface area contributed by atoms with E-state index in [-0.39, 0.29) is 11.6 Å². The Hall–Kier alpha value is -2.40. The van der Waals surface area contributed by atoms with Crippen LogP contribution in [0.15, 0.2) is 46.7 Å². The molecule has 0 unspecified atom stereocenters. The minimum Gasteiger partial charge on any atom is -0.360 e. The van der Waals surface area contributed by atoms with Gasteiger partial charge in [-0.3, -0.25) is 4.79 Å². The van der Waals surface area contributed by atoms with Crippen LogP contribution < -0.4 is 5.32 Å². The molecule has 1 amide bonds. The molecule has 1 aromatic carbocycles. The number of hydrogen-bond donors (Lipinski definition) is 2. The number of H-pyrrole nitrogens is 1. The molecule has 0 saturated carbocycles. The van der Waals surface area contributed by atoms with Crippen molar-refractivity contribution >= 4 is 35.1 Å². The number of aromatic nitrogens is 1. The van der Waals surface area contributed by atoms with Gasteiger partial charge in [0.2, 0.25) is 0 Å². The van der Waals surface area contributed by atoms with Crippen molar-refractivity contribution in [1.29, 1.82) is 0 Å². The number of anilines is 1. The molecule has 0 bridgehead atoms. The zero-order valence-corrected chi connectivity index (χ0v) is 10.5. The van der Waals surface area contributed by atoms with Crippen LogP contribution in [-0.4, -0.2) is 22.8 Å². The summed E-state index contributed by atoms with van der Waals surface area (Å²) in [4.78, 5) is 14.7. The van der Waals surface area contributed by atoms with Crippen LogP contribution in [0.1, 0.15) is 11.3 Å². The highest BCUT2D eigenvalue weighted by molar-refractivity contribution is 6.54. The van der Waals surface area contributed by atoms with Crippen LogP contribution in [-0.2, 0) is 4.79 Å². The zero-order valence-electron chi connectivity index (χ0n) is 9.72. The van der Waals surface area contributed by atoms with Gasteiger partial charge < -0.3 is 10.3 Å². The summed E-state index contributed by atoms with van der Waals surface area (Å²) in [6.07, 6.45) is 3.33. The Balaban J connectivity index is 1.93. The van der Waals surface area contributed by atoms with E-state index in [9.17, 15) is 4.79 Å². The molecular weight excluding hydrogens is 264 g/mol. The fraction of sp³-hybridized carbons (Fsp3) is 0. The molecule has 3 rings (SSSR count). The van der Waals surface area contributed by atoms with Crippen molar-refractivity contribution in [2.75, 3.05) is 5.32 Å². The van der Waals surface area contributed by atoms with Gasteiger partial charge in [-0.1, -0.05) is 11.6 Å². The second-order valence-corrected chi connectivity index (χ2v) is 4.40. The maximum absolute atomic E-state index is 11.8. The number of halogens is 1. The van der Waals surface area contributed by atoms with Crippen LogP contribution in [0.3, 0.4) is 0 Å². The molecule has 0 radical (unpaired) electrons. The smallest absolute Gasteiger partial charge is 0.276 e. The SMILES string of the molecule is O=C1Nc2ccc(Cl)cc2/C1=N/N=C/c1ccc[nH]1. The van der Waals surface area contributed by atoms with Crippen molar-refractivity contribution < 1.29 is 4.79 Å². The Kier molecular flexibility index (Phi) is 2.89. The zero-order chi connectivity index (χ0) is 13.2. The van der Waals surface area contributed by atoms with E-state index in [4.69, 9.17) is 11.6 Å². The number of nitrogens with one attached hydrogen (secondary N) is 2. The Morgan fingerprint density at radius 2 is 2.16 bits per heavy atom. The number of carbonyl (C=O) groups is 1. The van der Waals surface area contributed by atoms with E-state index in [1.807, 2.05) is 12.1 Å². The second kappa shape index (κ2) is 4.70. The van der Waals surface area contributed by atoms with Gasteiger partial charge in [0.1, 0.15) is 0 Å². The first-order valence-electron chi connectivity index (χ1n) is 5.60. The molecule has 1 aliphatic heterocycles. The number of carbonyl (C=O) groups excluding carboxylic acids is 1. The predicted molar refractivity (Wildman–Crippen MR) is 75.0 cm³/mol. The van der Waals surface area contributed by atoms with Gasteiger partial charge in [0.15, 0.2) is 5.71 Å². The molecule has 94 valence electrons. The third-order valence-corrected chi connectivity index (χ3v) is 2.91. The third-order valence-electron chi connectivity index (χ3n) is 2.68. The fourth-order valence-electron chi connectivity index (χ4n) is 1.80. The first-order valence-corrected chi connectivity index (χ1v) is 5.97. The van der Waals surface area contributed by atoms with Gasteiger partial charge in [-0.05, 0) is 30.3 Å². The summed E-state index contributed by atoms with van der Waals surface area (Å²) in [5.41, 5.74) is 2.44. The summed E-state index contributed by atoms with van der Waals surface area (Å²) in [6, 6.07) is 8.85. The molecule has 2 heterocycles. The van der Waals surface area contributed by atoms with E-state index in [2.05, 4.69) is 20.5 Å². The molecular formula is C13H9ClN4O. The molecule has 19 heavy (non-hydrogen) atoms. The van der Waals surface area contributed by atoms with Gasteiger partial charge in [-0.15, -0.1) is 5.10 Å². The van der Waals surface area contributed by atoms with Crippen molar-refractivity contribution in [2.24, 2.45) is 10.2 Å². The summed E-state index contributed by atoms with van der Waals surface area (Å²) in [5, 5.41) is 11.1. The van der Waals surface area contributed by atoms with Crippen molar-refractivity contribution in [1.82, 2.24) is 4.98 Å². The first kappa shape index (κ1) is 11.7. The first-order chi connectivity index (χ1) is 9.24. The van der Waals surface area contributed by atoms with E-state index < -0.39 is 0 Å². The average molecular weight is 273 g/mol. The van der Waals surface area contributed by atoms with Gasteiger partial charge in [-0.25, -0.2) is 0 Å². The summed E-state index contributed by atoms with van der Waals surface area (Å²) < 4.78 is 0. The predicted octanol–water partition coefficient (Wildman–Crippen LogP) is 2.44. The van der Waals surface area contributed by atoms with Gasteiger partial charge in [0, 0.05) is 16.8 Å². The lowest BCUT2D eigenvalue weighted by molar-refractivity contribution is -0.110. The summed E-state index contributed by atoms with van der Waals surface area (Å²) in [5.74, 6) is -0.277. The fourth-order valence-corrected chi connectivity index (χ4v) is 1.97. The third kappa shape index (κ3) is 2.28. The molecule has 0 aliphatic carbocycles. The maximum atomic E-state index is 11.8. The maximum Gasteiger partial charge on any atom is 0.276 e. The number of hydrogen-bond acceptors (Lipinski definition) is 3. The van der Waals surface area contributed by atoms with Crippen molar-refractivity contribution in [3.8, 4) is 0 Å². The lowest BCUT2D eigenvalue weighted by Gasteiger charge is -1.96. The largest absolute Gasteiger partial charge is 0.360 e. The molecule has 1 aliphatic rings. The van der Waals surface area contributed by atoms with E-state index in [1.54, 1.807) is 30.6 Å². The van der Waals surface area contributed by atoms with Gasteiger partial charge >= 0.3 is 0 Å². The molecule has 0 fully saturated rings. The Bertz CT molecular complexity index is 689. The molecule has 5 nitrogen and oxygen atoms in total. The highest BCUT2D eigenvalue weighted by atomic mass is 35.5. The minimum absolute atomic E-state index is 0.264. The Labute approximate surface area is 114 Å². The van der Waals surface area contributed by atoms with E-state index in [1.165, 1.54) is 0 Å². The van der Waals surface area contributed by atoms with Crippen LogP contribution in [0.25, 0.3) is 0 Å². The molecule has 0 saturated heterocycles. The summed E-state index contributed by atoms with van der Waals surface area (Å²) in [7, 11) is 0. The molecule has 0 atom stereocenters. The van der Waals surface area contributed by atoms with Crippen LogP contribution in [0.2, 0.25) is 5.02 Å². The number of amides is 1. The Morgan fingerprint density at radius 1 is 1.26 bits per heavy atom. The van der Waals surface area contributed by atoms with Crippen molar-refractivity contribution in [3.05, 3.63) is 52.8 Å². The van der Waals surface area contributed by atoms with Crippen LogP contribution in [0.5, 0.6) is 0 Å². The minimum atomic E-state index is -0.277. The summed E-state index contributed by atoms with van der Waals surface area (Å²) in [6.45, 7) is 0. The van der Waals surface area contributed by atoms with E-state index in [0.717, 1.165) is 5.69 Å². The molecule has 2 N–H and O–H groups in total. The van der Waals surface area contributed by atoms with Gasteiger partial charge in [0.25, 0.3) is 5.91 Å². The molecule has 0 spiro atoms. The highest BCUT2D eigenvalue weighted by Gasteiger charge is 2.26. The second-order valence-electron chi connectivity index (χ2n) is 3.96. The number of fused-ring (bicyclic) bond motifs is 1. The van der Waals surface area contributed by atoms with Crippen LogP contribution in [0.4, 0.5) is 5.69 Å². The topological polar surface area (TPSA) is 69.6 Å². The van der Waals surface area contributed by atoms with Crippen LogP contribution in [0, 0.1) is 0 Å². The summed E-state index contributed by atoms with van der Waals surface area (Å²) >= 11 is 5.91. The van der Waals surface area contributed by atoms with E-state index in [0.29, 0.717) is 16.3 Å². The standard InChI is InChI=1S/C13H9ClN4O/c14-8-3-4-11-10(6-8)12(13(19)17-11)18-16-7-9-2-1-5-15-9/h1-7,15H,(H,17,18,19)/b16-7+. The quantitative estimate of drug-likeness (QED) is 0.640. The number of aromatic amines is 1. The Morgan fingerprint density at radius 3 is 2.95 bits per heavy atom. The van der Waals surface area contributed by atoms with Gasteiger partial charge in [0.05, 0.1) is 17.6 Å². The van der Waals surface area contributed by atoms with Gasteiger partial charge in [-0.2, -0.15) is 5.10 Å². The average Bonchev–Trinajstić information content (AvgIpc) is 2.99. The van der Waals surface area contributed by atoms with Crippen LogP contribution >= 0.6 is 11.6 Å². The molecule has 1 aromatic heterocycles. The number of nitrogens with zero attached hydrogens (tertiary/aromatic N) is 2. The molecule has 2 aromatic rings. The number of rotatable bonds is 2. The monoisotopic (exact) mass is 272 g/mol. The van der Waals surface area contributed by atoms with Crippen molar-refractivity contribution in [2.45, 2.75) is 0 Å². The highest BCUT2D eigenvalue weighted by Crippen LogP contribution is 2.26. The normalized spacial score (nSPS) is 16.1. The number of benzene rings is 1. The molecule has 6 heteroatoms. The van der Waals surface area contributed by atoms with E-state index >= 15 is 0 Å².